The van der Waals surface area contributed by atoms with Crippen LogP contribution in [0.5, 0.6) is 0 Å². The predicted octanol–water partition coefficient (Wildman–Crippen LogP) is 0.648. The predicted molar refractivity (Wildman–Crippen MR) is 70.7 cm³/mol. The maximum Gasteiger partial charge on any atom is 0.147 e. The molecule has 0 saturated carbocycles. The van der Waals surface area contributed by atoms with Crippen LogP contribution >= 0.6 is 0 Å². The van der Waals surface area contributed by atoms with Crippen molar-refractivity contribution in [3.63, 3.8) is 0 Å². The molecule has 96 valence electrons. The molecule has 1 fully saturated rings. The van der Waals surface area contributed by atoms with Gasteiger partial charge in [0.25, 0.3) is 0 Å². The van der Waals surface area contributed by atoms with Gasteiger partial charge in [0.1, 0.15) is 11.9 Å². The molecular weight excluding hydrogens is 242 g/mol. The third-order valence-corrected chi connectivity index (χ3v) is 3.38. The zero-order valence-electron chi connectivity index (χ0n) is 10.2. The maximum absolute atomic E-state index is 9.60. The van der Waals surface area contributed by atoms with Crippen molar-refractivity contribution in [1.29, 1.82) is 5.26 Å². The van der Waals surface area contributed by atoms with Gasteiger partial charge in [-0.3, -0.25) is 0 Å². The number of anilines is 1. The van der Waals surface area contributed by atoms with Gasteiger partial charge in [-0.1, -0.05) is 18.2 Å². The molecule has 5 nitrogen and oxygen atoms in total. The number of aliphatic hydroxyl groups is 2. The van der Waals surface area contributed by atoms with E-state index < -0.39 is 12.2 Å². The summed E-state index contributed by atoms with van der Waals surface area (Å²) in [7, 11) is 0. The van der Waals surface area contributed by atoms with Crippen LogP contribution in [0.2, 0.25) is 0 Å². The van der Waals surface area contributed by atoms with E-state index in [0.717, 1.165) is 10.9 Å². The van der Waals surface area contributed by atoms with Gasteiger partial charge in [-0.15, -0.1) is 0 Å². The molecule has 1 aromatic carbocycles. The Hall–Kier alpha value is -2.16. The SMILES string of the molecule is N#Cc1cc2ccccc2nc1N1CC(O)C(O)C1. The van der Waals surface area contributed by atoms with E-state index in [-0.39, 0.29) is 0 Å². The van der Waals surface area contributed by atoms with Gasteiger partial charge in [0.2, 0.25) is 0 Å². The first-order chi connectivity index (χ1) is 9.19. The number of hydrogen-bond acceptors (Lipinski definition) is 5. The first kappa shape index (κ1) is 11.9. The Kier molecular flexibility index (Phi) is 2.82. The largest absolute Gasteiger partial charge is 0.389 e. The fourth-order valence-corrected chi connectivity index (χ4v) is 2.37. The average molecular weight is 255 g/mol. The standard InChI is InChI=1S/C14H13N3O2/c15-6-10-5-9-3-1-2-4-11(9)16-14(10)17-7-12(18)13(19)8-17/h1-5,12-13,18-19H,7-8H2. The van der Waals surface area contributed by atoms with Crippen molar-refractivity contribution in [1.82, 2.24) is 4.98 Å². The molecule has 0 radical (unpaired) electrons. The molecule has 0 spiro atoms. The Morgan fingerprint density at radius 1 is 1.21 bits per heavy atom. The first-order valence-corrected chi connectivity index (χ1v) is 6.10. The summed E-state index contributed by atoms with van der Waals surface area (Å²) in [5.41, 5.74) is 1.26. The smallest absolute Gasteiger partial charge is 0.147 e. The van der Waals surface area contributed by atoms with Crippen LogP contribution in [-0.2, 0) is 0 Å². The van der Waals surface area contributed by atoms with Crippen molar-refractivity contribution >= 4 is 16.7 Å². The summed E-state index contributed by atoms with van der Waals surface area (Å²) >= 11 is 0. The second kappa shape index (κ2) is 4.50. The molecular formula is C14H13N3O2. The summed E-state index contributed by atoms with van der Waals surface area (Å²) in [6, 6.07) is 11.5. The lowest BCUT2D eigenvalue weighted by Crippen LogP contribution is -2.23. The summed E-state index contributed by atoms with van der Waals surface area (Å²) in [6.07, 6.45) is -1.58. The molecule has 1 saturated heterocycles. The highest BCUT2D eigenvalue weighted by Crippen LogP contribution is 2.26. The summed E-state index contributed by atoms with van der Waals surface area (Å²) in [5.74, 6) is 0.525. The second-order valence-electron chi connectivity index (χ2n) is 4.70. The number of nitriles is 1. The van der Waals surface area contributed by atoms with Gasteiger partial charge in [0.15, 0.2) is 0 Å². The summed E-state index contributed by atoms with van der Waals surface area (Å²) in [6.45, 7) is 0.586. The average Bonchev–Trinajstić information content (AvgIpc) is 2.77. The van der Waals surface area contributed by atoms with Crippen molar-refractivity contribution in [2.45, 2.75) is 12.2 Å². The van der Waals surface area contributed by atoms with Crippen molar-refractivity contribution in [2.24, 2.45) is 0 Å². The number of benzene rings is 1. The van der Waals surface area contributed by atoms with Crippen LogP contribution in [0.15, 0.2) is 30.3 Å². The summed E-state index contributed by atoms with van der Waals surface area (Å²) in [5, 5.41) is 29.3. The molecule has 2 N–H and O–H groups in total. The van der Waals surface area contributed by atoms with Crippen LogP contribution in [0.3, 0.4) is 0 Å². The van der Waals surface area contributed by atoms with Crippen molar-refractivity contribution in [3.05, 3.63) is 35.9 Å². The zero-order valence-corrected chi connectivity index (χ0v) is 10.2. The van der Waals surface area contributed by atoms with E-state index in [9.17, 15) is 15.5 Å². The Bertz CT molecular complexity index is 655. The normalized spacial score (nSPS) is 22.7. The van der Waals surface area contributed by atoms with Crippen LogP contribution in [0.1, 0.15) is 5.56 Å². The number of aromatic nitrogens is 1. The second-order valence-corrected chi connectivity index (χ2v) is 4.70. The molecule has 1 aliphatic heterocycles. The molecule has 1 aliphatic rings. The fraction of sp³-hybridized carbons (Fsp3) is 0.286. The molecule has 19 heavy (non-hydrogen) atoms. The van der Waals surface area contributed by atoms with E-state index in [4.69, 9.17) is 0 Å². The van der Waals surface area contributed by atoms with Crippen LogP contribution in [0.25, 0.3) is 10.9 Å². The van der Waals surface area contributed by atoms with Gasteiger partial charge in [0, 0.05) is 18.5 Å². The fourth-order valence-electron chi connectivity index (χ4n) is 2.37. The molecule has 0 amide bonds. The molecule has 2 aromatic rings. The number of rotatable bonds is 1. The minimum Gasteiger partial charge on any atom is -0.389 e. The highest BCUT2D eigenvalue weighted by Gasteiger charge is 2.31. The number of hydrogen-bond donors (Lipinski definition) is 2. The van der Waals surface area contributed by atoms with Crippen molar-refractivity contribution in [2.75, 3.05) is 18.0 Å². The van der Waals surface area contributed by atoms with Crippen LogP contribution in [0.4, 0.5) is 5.82 Å². The van der Waals surface area contributed by atoms with Gasteiger partial charge in [-0.2, -0.15) is 5.26 Å². The number of β-amino-alcohol motifs (C(OH)–C–C–N with tert-alkyl or cyclic N) is 2. The van der Waals surface area contributed by atoms with E-state index in [1.165, 1.54) is 0 Å². The van der Waals surface area contributed by atoms with Gasteiger partial charge < -0.3 is 15.1 Å². The minimum absolute atomic E-state index is 0.293. The quantitative estimate of drug-likeness (QED) is 0.782. The highest BCUT2D eigenvalue weighted by atomic mass is 16.3. The van der Waals surface area contributed by atoms with E-state index in [2.05, 4.69) is 11.1 Å². The van der Waals surface area contributed by atoms with E-state index >= 15 is 0 Å². The Balaban J connectivity index is 2.10. The Labute approximate surface area is 110 Å². The third kappa shape index (κ3) is 2.01. The van der Waals surface area contributed by atoms with Crippen LogP contribution in [0, 0.1) is 11.3 Å². The van der Waals surface area contributed by atoms with Crippen molar-refractivity contribution in [3.8, 4) is 6.07 Å². The molecule has 2 atom stereocenters. The third-order valence-electron chi connectivity index (χ3n) is 3.38. The molecule has 0 bridgehead atoms. The van der Waals surface area contributed by atoms with Crippen LogP contribution < -0.4 is 4.90 Å². The lowest BCUT2D eigenvalue weighted by molar-refractivity contribution is 0.0572. The monoisotopic (exact) mass is 255 g/mol. The van der Waals surface area contributed by atoms with Crippen molar-refractivity contribution < 1.29 is 10.2 Å². The lowest BCUT2D eigenvalue weighted by atomic mass is 10.1. The van der Waals surface area contributed by atoms with Crippen LogP contribution in [-0.4, -0.2) is 40.5 Å². The summed E-state index contributed by atoms with van der Waals surface area (Å²) in [4.78, 5) is 6.23. The Morgan fingerprint density at radius 2 is 1.89 bits per heavy atom. The number of pyridine rings is 1. The van der Waals surface area contributed by atoms with Gasteiger partial charge in [0.05, 0.1) is 23.3 Å². The summed E-state index contributed by atoms with van der Waals surface area (Å²) < 4.78 is 0. The van der Waals surface area contributed by atoms with E-state index in [0.29, 0.717) is 24.5 Å². The Morgan fingerprint density at radius 3 is 2.58 bits per heavy atom. The molecule has 5 heteroatoms. The number of aliphatic hydroxyl groups excluding tert-OH is 2. The van der Waals surface area contributed by atoms with Gasteiger partial charge in [-0.25, -0.2) is 4.98 Å². The first-order valence-electron chi connectivity index (χ1n) is 6.10. The molecule has 3 rings (SSSR count). The molecule has 2 heterocycles. The molecule has 1 aromatic heterocycles. The van der Waals surface area contributed by atoms with Gasteiger partial charge in [-0.05, 0) is 12.1 Å². The number of nitrogens with zero attached hydrogens (tertiary/aromatic N) is 3. The maximum atomic E-state index is 9.60. The topological polar surface area (TPSA) is 80.4 Å². The lowest BCUT2D eigenvalue weighted by Gasteiger charge is -2.18. The molecule has 2 unspecified atom stereocenters. The number of fused-ring (bicyclic) bond motifs is 1. The van der Waals surface area contributed by atoms with Gasteiger partial charge >= 0.3 is 0 Å². The zero-order chi connectivity index (χ0) is 13.4. The minimum atomic E-state index is -0.792. The van der Waals surface area contributed by atoms with E-state index in [1.54, 1.807) is 11.0 Å². The number of para-hydroxylation sites is 1. The molecule has 0 aliphatic carbocycles. The van der Waals surface area contributed by atoms with E-state index in [1.807, 2.05) is 24.3 Å². The highest BCUT2D eigenvalue weighted by molar-refractivity contribution is 5.83.